The molecule has 3 N–H and O–H groups in total. The standard InChI is InChI=1S/C9H10BrN3O3/c1-5(9(11)14)12-7-4-6(10)2-3-8(7)13(15)16/h2-5,12H,1H3,(H2,11,14). The number of hydrogen-bond acceptors (Lipinski definition) is 4. The van der Waals surface area contributed by atoms with Crippen LogP contribution in [0.2, 0.25) is 0 Å². The van der Waals surface area contributed by atoms with Gasteiger partial charge in [-0.3, -0.25) is 14.9 Å². The molecule has 6 nitrogen and oxygen atoms in total. The third kappa shape index (κ3) is 2.93. The van der Waals surface area contributed by atoms with Crippen LogP contribution < -0.4 is 11.1 Å². The van der Waals surface area contributed by atoms with E-state index in [0.29, 0.717) is 4.47 Å². The molecular formula is C9H10BrN3O3. The van der Waals surface area contributed by atoms with Crippen LogP contribution in [0, 0.1) is 10.1 Å². The molecule has 7 heteroatoms. The summed E-state index contributed by atoms with van der Waals surface area (Å²) in [6, 6.07) is 3.75. The summed E-state index contributed by atoms with van der Waals surface area (Å²) in [6.07, 6.45) is 0. The second kappa shape index (κ2) is 4.93. The SMILES string of the molecule is CC(Nc1cc(Br)ccc1[N+](=O)[O-])C(N)=O. The van der Waals surface area contributed by atoms with Gasteiger partial charge in [0.15, 0.2) is 0 Å². The highest BCUT2D eigenvalue weighted by Gasteiger charge is 2.17. The summed E-state index contributed by atoms with van der Waals surface area (Å²) >= 11 is 3.19. The number of carbonyl (C=O) groups excluding carboxylic acids is 1. The first-order valence-corrected chi connectivity index (χ1v) is 5.21. The molecule has 0 aromatic heterocycles. The molecule has 16 heavy (non-hydrogen) atoms. The first kappa shape index (κ1) is 12.4. The lowest BCUT2D eigenvalue weighted by molar-refractivity contribution is -0.384. The maximum absolute atomic E-state index is 10.8. The van der Waals surface area contributed by atoms with E-state index in [0.717, 1.165) is 0 Å². The van der Waals surface area contributed by atoms with Gasteiger partial charge in [0.05, 0.1) is 4.92 Å². The summed E-state index contributed by atoms with van der Waals surface area (Å²) in [5.74, 6) is -0.575. The van der Waals surface area contributed by atoms with Crippen LogP contribution in [0.5, 0.6) is 0 Å². The summed E-state index contributed by atoms with van der Waals surface area (Å²) in [5, 5.41) is 13.4. The van der Waals surface area contributed by atoms with Crippen molar-refractivity contribution in [3.63, 3.8) is 0 Å². The number of nitrogens with two attached hydrogens (primary N) is 1. The van der Waals surface area contributed by atoms with E-state index in [9.17, 15) is 14.9 Å². The van der Waals surface area contributed by atoms with Crippen LogP contribution in [0.15, 0.2) is 22.7 Å². The van der Waals surface area contributed by atoms with Crippen molar-refractivity contribution in [2.24, 2.45) is 5.73 Å². The maximum atomic E-state index is 10.8. The molecule has 0 aliphatic heterocycles. The van der Waals surface area contributed by atoms with Crippen molar-refractivity contribution in [1.29, 1.82) is 0 Å². The number of nitro benzene ring substituents is 1. The molecule has 0 saturated heterocycles. The molecule has 0 saturated carbocycles. The zero-order valence-electron chi connectivity index (χ0n) is 8.44. The zero-order valence-corrected chi connectivity index (χ0v) is 10.0. The number of nitrogens with zero attached hydrogens (tertiary/aromatic N) is 1. The second-order valence-corrected chi connectivity index (χ2v) is 4.10. The average molecular weight is 288 g/mol. The minimum atomic E-state index is -0.673. The Kier molecular flexibility index (Phi) is 3.83. The maximum Gasteiger partial charge on any atom is 0.292 e. The van der Waals surface area contributed by atoms with Crippen LogP contribution >= 0.6 is 15.9 Å². The number of carbonyl (C=O) groups is 1. The summed E-state index contributed by atoms with van der Waals surface area (Å²) in [6.45, 7) is 1.53. The van der Waals surface area contributed by atoms with Crippen molar-refractivity contribution in [2.75, 3.05) is 5.32 Å². The number of rotatable bonds is 4. The quantitative estimate of drug-likeness (QED) is 0.650. The Bertz CT molecular complexity index is 436. The fraction of sp³-hybridized carbons (Fsp3) is 0.222. The van der Waals surface area contributed by atoms with Gasteiger partial charge >= 0.3 is 0 Å². The molecule has 1 aromatic rings. The lowest BCUT2D eigenvalue weighted by Gasteiger charge is -2.11. The summed E-state index contributed by atoms with van der Waals surface area (Å²) < 4.78 is 0.678. The van der Waals surface area contributed by atoms with Crippen molar-refractivity contribution >= 4 is 33.2 Å². The molecule has 0 aliphatic carbocycles. The number of halogens is 1. The largest absolute Gasteiger partial charge is 0.368 e. The molecule has 86 valence electrons. The van der Waals surface area contributed by atoms with E-state index in [1.165, 1.54) is 19.1 Å². The number of anilines is 1. The van der Waals surface area contributed by atoms with Gasteiger partial charge in [-0.25, -0.2) is 0 Å². The molecule has 1 amide bonds. The van der Waals surface area contributed by atoms with Gasteiger partial charge in [0.25, 0.3) is 5.69 Å². The van der Waals surface area contributed by atoms with Crippen LogP contribution in [-0.4, -0.2) is 16.9 Å². The zero-order chi connectivity index (χ0) is 12.3. The van der Waals surface area contributed by atoms with Gasteiger partial charge in [0, 0.05) is 10.5 Å². The molecule has 0 heterocycles. The van der Waals surface area contributed by atoms with Crippen molar-refractivity contribution in [3.8, 4) is 0 Å². The Hall–Kier alpha value is -1.63. The topological polar surface area (TPSA) is 98.3 Å². The van der Waals surface area contributed by atoms with Gasteiger partial charge in [-0.05, 0) is 19.1 Å². The van der Waals surface area contributed by atoms with Crippen LogP contribution in [0.3, 0.4) is 0 Å². The van der Waals surface area contributed by atoms with Crippen molar-refractivity contribution < 1.29 is 9.72 Å². The van der Waals surface area contributed by atoms with Gasteiger partial charge < -0.3 is 11.1 Å². The van der Waals surface area contributed by atoms with Crippen molar-refractivity contribution in [3.05, 3.63) is 32.8 Å². The van der Waals surface area contributed by atoms with E-state index in [-0.39, 0.29) is 11.4 Å². The number of amides is 1. The number of nitrogens with one attached hydrogen (secondary N) is 1. The van der Waals surface area contributed by atoms with E-state index < -0.39 is 16.9 Å². The highest BCUT2D eigenvalue weighted by molar-refractivity contribution is 9.10. The van der Waals surface area contributed by atoms with Crippen LogP contribution in [0.4, 0.5) is 11.4 Å². The monoisotopic (exact) mass is 287 g/mol. The van der Waals surface area contributed by atoms with Crippen LogP contribution in [0.1, 0.15) is 6.92 Å². The molecule has 0 spiro atoms. The van der Waals surface area contributed by atoms with E-state index in [1.54, 1.807) is 6.07 Å². The Morgan fingerprint density at radius 2 is 2.25 bits per heavy atom. The smallest absolute Gasteiger partial charge is 0.292 e. The highest BCUT2D eigenvalue weighted by Crippen LogP contribution is 2.28. The van der Waals surface area contributed by atoms with E-state index in [4.69, 9.17) is 5.73 Å². The van der Waals surface area contributed by atoms with E-state index in [2.05, 4.69) is 21.2 Å². The molecular weight excluding hydrogens is 278 g/mol. The molecule has 1 unspecified atom stereocenters. The molecule has 0 bridgehead atoms. The summed E-state index contributed by atoms with van der Waals surface area (Å²) in [4.78, 5) is 21.0. The van der Waals surface area contributed by atoms with Gasteiger partial charge in [0.2, 0.25) is 5.91 Å². The Morgan fingerprint density at radius 3 is 2.75 bits per heavy atom. The average Bonchev–Trinajstić information content (AvgIpc) is 2.16. The van der Waals surface area contributed by atoms with Crippen molar-refractivity contribution in [2.45, 2.75) is 13.0 Å². The van der Waals surface area contributed by atoms with E-state index >= 15 is 0 Å². The summed E-state index contributed by atoms with van der Waals surface area (Å²) in [5.41, 5.74) is 5.22. The third-order valence-electron chi connectivity index (χ3n) is 1.95. The summed E-state index contributed by atoms with van der Waals surface area (Å²) in [7, 11) is 0. The Balaban J connectivity index is 3.05. The third-order valence-corrected chi connectivity index (χ3v) is 2.45. The minimum absolute atomic E-state index is 0.101. The predicted octanol–water partition coefficient (Wildman–Crippen LogP) is 1.64. The lowest BCUT2D eigenvalue weighted by atomic mass is 10.2. The Labute approximate surface area is 100 Å². The molecule has 0 fully saturated rings. The molecule has 1 atom stereocenters. The second-order valence-electron chi connectivity index (χ2n) is 3.19. The molecule has 0 radical (unpaired) electrons. The lowest BCUT2D eigenvalue weighted by Crippen LogP contribution is -2.32. The van der Waals surface area contributed by atoms with E-state index in [1.807, 2.05) is 0 Å². The minimum Gasteiger partial charge on any atom is -0.368 e. The first-order valence-electron chi connectivity index (χ1n) is 4.41. The fourth-order valence-electron chi connectivity index (χ4n) is 1.09. The molecule has 1 rings (SSSR count). The van der Waals surface area contributed by atoms with Crippen LogP contribution in [0.25, 0.3) is 0 Å². The van der Waals surface area contributed by atoms with Gasteiger partial charge in [0.1, 0.15) is 11.7 Å². The molecule has 0 aliphatic rings. The normalized spacial score (nSPS) is 11.9. The van der Waals surface area contributed by atoms with Crippen molar-refractivity contribution in [1.82, 2.24) is 0 Å². The highest BCUT2D eigenvalue weighted by atomic mass is 79.9. The fourth-order valence-corrected chi connectivity index (χ4v) is 1.45. The van der Waals surface area contributed by atoms with Gasteiger partial charge in [-0.1, -0.05) is 15.9 Å². The first-order chi connectivity index (χ1) is 7.41. The number of primary amides is 1. The Morgan fingerprint density at radius 1 is 1.62 bits per heavy atom. The number of hydrogen-bond donors (Lipinski definition) is 2. The van der Waals surface area contributed by atoms with Gasteiger partial charge in [-0.15, -0.1) is 0 Å². The van der Waals surface area contributed by atoms with Gasteiger partial charge in [-0.2, -0.15) is 0 Å². The number of nitro groups is 1. The van der Waals surface area contributed by atoms with Crippen LogP contribution in [-0.2, 0) is 4.79 Å². The molecule has 1 aromatic carbocycles. The predicted molar refractivity (Wildman–Crippen MR) is 63.1 cm³/mol. The number of benzene rings is 1.